The first-order chi connectivity index (χ1) is 10.8. The molecule has 0 saturated carbocycles. The summed E-state index contributed by atoms with van der Waals surface area (Å²) < 4.78 is 22.6. The Morgan fingerprint density at radius 1 is 1.05 bits per heavy atom. The van der Waals surface area contributed by atoms with Crippen LogP contribution in [0.4, 0.5) is 0 Å². The second kappa shape index (κ2) is 6.17. The van der Waals surface area contributed by atoms with Gasteiger partial charge < -0.3 is 18.9 Å². The average molecular weight is 311 g/mol. The zero-order valence-corrected chi connectivity index (χ0v) is 13.0. The van der Waals surface area contributed by atoms with E-state index in [9.17, 15) is 4.79 Å². The fraction of sp³-hybridized carbons (Fsp3) is 0.938. The molecule has 6 nitrogen and oxygen atoms in total. The van der Waals surface area contributed by atoms with Crippen LogP contribution in [0.15, 0.2) is 0 Å². The number of hydrogen-bond donors (Lipinski definition) is 0. The van der Waals surface area contributed by atoms with Crippen molar-refractivity contribution in [3.05, 3.63) is 0 Å². The summed E-state index contributed by atoms with van der Waals surface area (Å²) >= 11 is 0. The molecule has 4 heterocycles. The molecule has 0 bridgehead atoms. The summed E-state index contributed by atoms with van der Waals surface area (Å²) in [6, 6.07) is -0.0315. The molecule has 1 spiro atoms. The first kappa shape index (κ1) is 15.0. The molecular weight excluding hydrogens is 286 g/mol. The highest BCUT2D eigenvalue weighted by Crippen LogP contribution is 2.38. The van der Waals surface area contributed by atoms with Crippen molar-refractivity contribution in [3.63, 3.8) is 0 Å². The highest BCUT2D eigenvalue weighted by molar-refractivity contribution is 5.87. The second-order valence-electron chi connectivity index (χ2n) is 6.75. The molecule has 0 aromatic carbocycles. The van der Waals surface area contributed by atoms with Gasteiger partial charge in [0, 0.05) is 25.3 Å². The summed E-state index contributed by atoms with van der Waals surface area (Å²) in [4.78, 5) is 15.2. The standard InChI is InChI=1S/C16H25NO5/c18-15-12(1-2-14-19-7-8-20-14)3-5-17-6-4-16(11-13(15)17)21-9-10-22-16/h12-14H,1-11H2. The van der Waals surface area contributed by atoms with Crippen LogP contribution in [0.25, 0.3) is 0 Å². The van der Waals surface area contributed by atoms with E-state index >= 15 is 0 Å². The Labute approximate surface area is 131 Å². The van der Waals surface area contributed by atoms with Crippen molar-refractivity contribution in [2.75, 3.05) is 39.5 Å². The van der Waals surface area contributed by atoms with Crippen molar-refractivity contribution in [1.29, 1.82) is 0 Å². The minimum absolute atomic E-state index is 0.0315. The van der Waals surface area contributed by atoms with Crippen LogP contribution in [0.3, 0.4) is 0 Å². The normalized spacial score (nSPS) is 36.1. The monoisotopic (exact) mass is 311 g/mol. The minimum Gasteiger partial charge on any atom is -0.350 e. The predicted molar refractivity (Wildman–Crippen MR) is 77.3 cm³/mol. The molecule has 0 aromatic rings. The third-order valence-electron chi connectivity index (χ3n) is 5.48. The number of ether oxygens (including phenoxy) is 4. The molecule has 4 aliphatic heterocycles. The molecule has 6 heteroatoms. The lowest BCUT2D eigenvalue weighted by atomic mass is 9.80. The molecule has 2 atom stereocenters. The van der Waals surface area contributed by atoms with E-state index in [0.29, 0.717) is 38.6 Å². The van der Waals surface area contributed by atoms with E-state index in [1.54, 1.807) is 0 Å². The van der Waals surface area contributed by atoms with Gasteiger partial charge in [-0.3, -0.25) is 9.69 Å². The average Bonchev–Trinajstić information content (AvgIpc) is 3.20. The number of hydrogen-bond acceptors (Lipinski definition) is 6. The Balaban J connectivity index is 1.37. The van der Waals surface area contributed by atoms with Gasteiger partial charge in [-0.15, -0.1) is 0 Å². The number of carbonyl (C=O) groups excluding carboxylic acids is 1. The van der Waals surface area contributed by atoms with E-state index in [-0.39, 0.29) is 18.2 Å². The SMILES string of the molecule is O=C1C(CCC2OCCO2)CCN2CCC3(CC12)OCCO3. The topological polar surface area (TPSA) is 57.2 Å². The van der Waals surface area contributed by atoms with E-state index < -0.39 is 5.79 Å². The minimum atomic E-state index is -0.490. The maximum atomic E-state index is 12.9. The van der Waals surface area contributed by atoms with Gasteiger partial charge in [-0.05, 0) is 25.8 Å². The lowest BCUT2D eigenvalue weighted by molar-refractivity contribution is -0.201. The molecular formula is C16H25NO5. The fourth-order valence-corrected chi connectivity index (χ4v) is 4.24. The number of Topliss-reactive ketones (excluding diaryl/α,β-unsaturated/α-hetero) is 1. The lowest BCUT2D eigenvalue weighted by Gasteiger charge is -2.46. The lowest BCUT2D eigenvalue weighted by Crippen LogP contribution is -2.58. The molecule has 2 unspecified atom stereocenters. The highest BCUT2D eigenvalue weighted by atomic mass is 16.7. The number of carbonyl (C=O) groups is 1. The van der Waals surface area contributed by atoms with Crippen molar-refractivity contribution >= 4 is 5.78 Å². The van der Waals surface area contributed by atoms with E-state index in [1.165, 1.54) is 0 Å². The van der Waals surface area contributed by atoms with Crippen LogP contribution >= 0.6 is 0 Å². The molecule has 4 fully saturated rings. The van der Waals surface area contributed by atoms with Gasteiger partial charge in [0.25, 0.3) is 0 Å². The summed E-state index contributed by atoms with van der Waals surface area (Å²) in [5.41, 5.74) is 0. The molecule has 4 aliphatic rings. The van der Waals surface area contributed by atoms with Crippen LogP contribution < -0.4 is 0 Å². The Bertz CT molecular complexity index is 417. The molecule has 4 saturated heterocycles. The van der Waals surface area contributed by atoms with Crippen molar-refractivity contribution in [2.45, 2.75) is 50.2 Å². The summed E-state index contributed by atoms with van der Waals surface area (Å²) in [7, 11) is 0. The Hall–Kier alpha value is -0.530. The number of rotatable bonds is 3. The molecule has 0 aromatic heterocycles. The summed E-state index contributed by atoms with van der Waals surface area (Å²) in [6.07, 6.45) is 4.11. The molecule has 124 valence electrons. The van der Waals surface area contributed by atoms with Gasteiger partial charge >= 0.3 is 0 Å². The molecule has 22 heavy (non-hydrogen) atoms. The summed E-state index contributed by atoms with van der Waals surface area (Å²) in [5, 5.41) is 0. The molecule has 0 amide bonds. The number of nitrogens with zero attached hydrogens (tertiary/aromatic N) is 1. The maximum absolute atomic E-state index is 12.9. The summed E-state index contributed by atoms with van der Waals surface area (Å²) in [6.45, 7) is 4.57. The predicted octanol–water partition coefficient (Wildman–Crippen LogP) is 0.936. The van der Waals surface area contributed by atoms with Crippen LogP contribution in [0.2, 0.25) is 0 Å². The van der Waals surface area contributed by atoms with Crippen LogP contribution in [0.5, 0.6) is 0 Å². The van der Waals surface area contributed by atoms with Crippen LogP contribution in [0, 0.1) is 5.92 Å². The molecule has 0 aliphatic carbocycles. The van der Waals surface area contributed by atoms with E-state index in [4.69, 9.17) is 18.9 Å². The first-order valence-corrected chi connectivity index (χ1v) is 8.55. The molecule has 0 radical (unpaired) electrons. The number of fused-ring (bicyclic) bond motifs is 1. The van der Waals surface area contributed by atoms with E-state index in [0.717, 1.165) is 38.8 Å². The quantitative estimate of drug-likeness (QED) is 0.773. The Kier molecular flexibility index (Phi) is 4.21. The smallest absolute Gasteiger partial charge is 0.171 e. The van der Waals surface area contributed by atoms with Gasteiger partial charge in [-0.1, -0.05) is 0 Å². The molecule has 0 N–H and O–H groups in total. The zero-order valence-electron chi connectivity index (χ0n) is 13.0. The van der Waals surface area contributed by atoms with Gasteiger partial charge in [-0.25, -0.2) is 0 Å². The number of piperidine rings is 2. The van der Waals surface area contributed by atoms with Crippen LogP contribution in [0.1, 0.15) is 32.1 Å². The van der Waals surface area contributed by atoms with Gasteiger partial charge in [0.15, 0.2) is 17.9 Å². The maximum Gasteiger partial charge on any atom is 0.171 e. The van der Waals surface area contributed by atoms with E-state index in [1.807, 2.05) is 0 Å². The van der Waals surface area contributed by atoms with Crippen molar-refractivity contribution in [1.82, 2.24) is 4.90 Å². The Morgan fingerprint density at radius 3 is 2.59 bits per heavy atom. The highest BCUT2D eigenvalue weighted by Gasteiger charge is 2.49. The molecule has 4 rings (SSSR count). The van der Waals surface area contributed by atoms with Gasteiger partial charge in [-0.2, -0.15) is 0 Å². The Morgan fingerprint density at radius 2 is 1.82 bits per heavy atom. The largest absolute Gasteiger partial charge is 0.350 e. The van der Waals surface area contributed by atoms with Gasteiger partial charge in [0.1, 0.15) is 0 Å². The zero-order chi connectivity index (χ0) is 15.0. The van der Waals surface area contributed by atoms with E-state index in [2.05, 4.69) is 4.90 Å². The van der Waals surface area contributed by atoms with Crippen LogP contribution in [-0.4, -0.2) is 68.3 Å². The third-order valence-corrected chi connectivity index (χ3v) is 5.48. The van der Waals surface area contributed by atoms with Gasteiger partial charge in [0.2, 0.25) is 0 Å². The van der Waals surface area contributed by atoms with Gasteiger partial charge in [0.05, 0.1) is 32.5 Å². The van der Waals surface area contributed by atoms with Crippen molar-refractivity contribution in [2.24, 2.45) is 5.92 Å². The van der Waals surface area contributed by atoms with Crippen molar-refractivity contribution in [3.8, 4) is 0 Å². The van der Waals surface area contributed by atoms with Crippen molar-refractivity contribution < 1.29 is 23.7 Å². The van der Waals surface area contributed by atoms with Crippen LogP contribution in [-0.2, 0) is 23.7 Å². The summed E-state index contributed by atoms with van der Waals surface area (Å²) in [5.74, 6) is 0.00385. The third kappa shape index (κ3) is 2.83. The first-order valence-electron chi connectivity index (χ1n) is 8.55. The second-order valence-corrected chi connectivity index (χ2v) is 6.75. The fourth-order valence-electron chi connectivity index (χ4n) is 4.24. The number of ketones is 1.